The fourth-order valence-corrected chi connectivity index (χ4v) is 4.10. The normalized spacial score (nSPS) is 15.9. The van der Waals surface area contributed by atoms with Crippen LogP contribution in [0.5, 0.6) is 0 Å². The van der Waals surface area contributed by atoms with E-state index < -0.39 is 28.5 Å². The van der Waals surface area contributed by atoms with Gasteiger partial charge < -0.3 is 15.0 Å². The van der Waals surface area contributed by atoms with Crippen molar-refractivity contribution in [1.82, 2.24) is 10.2 Å². The first-order chi connectivity index (χ1) is 12.5. The van der Waals surface area contributed by atoms with Gasteiger partial charge in [0.05, 0.1) is 24.1 Å². The molecule has 1 heterocycles. The Morgan fingerprint density at radius 2 is 1.96 bits per heavy atom. The Bertz CT molecular complexity index is 865. The average molecular weight is 397 g/mol. The molecule has 1 aliphatic rings. The summed E-state index contributed by atoms with van der Waals surface area (Å²) in [6.45, 7) is 1.10. The van der Waals surface area contributed by atoms with Crippen molar-refractivity contribution in [2.45, 2.75) is 19.4 Å². The number of fused-ring (bicyclic) bond motifs is 1. The number of esters is 1. The number of benzene rings is 1. The molecule has 0 unspecified atom stereocenters. The number of carbonyl (C=O) groups excluding carboxylic acids is 3. The summed E-state index contributed by atoms with van der Waals surface area (Å²) in [7, 11) is -0.279. The standard InChI is InChI=1S/C17H23N3O6S/c1-11-7-13-8-12(5-6-14(13)20(11)27(4,24)25)17(23)26-10-15(21)18-9-16(22)19(2)3/h5-6,8,11H,7,9-10H2,1-4H3,(H,18,21)/t11-/m0/s1. The Kier molecular flexibility index (Phi) is 6.09. The summed E-state index contributed by atoms with van der Waals surface area (Å²) >= 11 is 0. The molecule has 1 aromatic rings. The van der Waals surface area contributed by atoms with Gasteiger partial charge in [0, 0.05) is 20.1 Å². The monoisotopic (exact) mass is 397 g/mol. The van der Waals surface area contributed by atoms with E-state index in [4.69, 9.17) is 4.74 Å². The third kappa shape index (κ3) is 4.97. The molecule has 0 radical (unpaired) electrons. The van der Waals surface area contributed by atoms with E-state index in [2.05, 4.69) is 5.32 Å². The molecule has 1 aromatic carbocycles. The fraction of sp³-hybridized carbons (Fsp3) is 0.471. The van der Waals surface area contributed by atoms with Crippen LogP contribution in [0.3, 0.4) is 0 Å². The first kappa shape index (κ1) is 20.7. The van der Waals surface area contributed by atoms with Crippen molar-refractivity contribution >= 4 is 33.5 Å². The van der Waals surface area contributed by atoms with Crippen LogP contribution in [0.15, 0.2) is 18.2 Å². The van der Waals surface area contributed by atoms with Gasteiger partial charge in [-0.3, -0.25) is 13.9 Å². The maximum absolute atomic E-state index is 12.1. The summed E-state index contributed by atoms with van der Waals surface area (Å²) in [5.74, 6) is -1.56. The lowest BCUT2D eigenvalue weighted by Gasteiger charge is -2.21. The molecule has 0 bridgehead atoms. The molecule has 0 spiro atoms. The third-order valence-corrected chi connectivity index (χ3v) is 5.37. The number of nitrogens with zero attached hydrogens (tertiary/aromatic N) is 2. The molecule has 2 rings (SSSR count). The van der Waals surface area contributed by atoms with Gasteiger partial charge in [0.15, 0.2) is 6.61 Å². The topological polar surface area (TPSA) is 113 Å². The zero-order valence-corrected chi connectivity index (χ0v) is 16.5. The van der Waals surface area contributed by atoms with E-state index in [1.807, 2.05) is 0 Å². The molecule has 10 heteroatoms. The highest BCUT2D eigenvalue weighted by atomic mass is 32.2. The first-order valence-electron chi connectivity index (χ1n) is 8.27. The molecule has 0 fully saturated rings. The molecule has 0 saturated heterocycles. The van der Waals surface area contributed by atoms with Gasteiger partial charge in [-0.2, -0.15) is 0 Å². The molecule has 1 N–H and O–H groups in total. The maximum Gasteiger partial charge on any atom is 0.338 e. The lowest BCUT2D eigenvalue weighted by atomic mass is 10.1. The molecule has 9 nitrogen and oxygen atoms in total. The van der Waals surface area contributed by atoms with Gasteiger partial charge in [0.1, 0.15) is 0 Å². The van der Waals surface area contributed by atoms with Gasteiger partial charge in [-0.15, -0.1) is 0 Å². The SMILES string of the molecule is C[C@H]1Cc2cc(C(=O)OCC(=O)NCC(=O)N(C)C)ccc2N1S(C)(=O)=O. The number of anilines is 1. The Morgan fingerprint density at radius 1 is 1.30 bits per heavy atom. The molecule has 0 aliphatic carbocycles. The molecule has 1 atom stereocenters. The maximum atomic E-state index is 12.1. The average Bonchev–Trinajstić information content (AvgIpc) is 2.92. The zero-order chi connectivity index (χ0) is 20.4. The molecule has 27 heavy (non-hydrogen) atoms. The summed E-state index contributed by atoms with van der Waals surface area (Å²) in [5, 5.41) is 2.36. The minimum atomic E-state index is -3.41. The molecular weight excluding hydrogens is 374 g/mol. The highest BCUT2D eigenvalue weighted by Gasteiger charge is 2.32. The number of nitrogens with one attached hydrogen (secondary N) is 1. The van der Waals surface area contributed by atoms with Crippen LogP contribution in [0.1, 0.15) is 22.8 Å². The van der Waals surface area contributed by atoms with Crippen molar-refractivity contribution in [3.63, 3.8) is 0 Å². The summed E-state index contributed by atoms with van der Waals surface area (Å²) in [5.41, 5.74) is 1.50. The van der Waals surface area contributed by atoms with Crippen LogP contribution in [0.2, 0.25) is 0 Å². The molecule has 1 aliphatic heterocycles. The number of sulfonamides is 1. The summed E-state index contributed by atoms with van der Waals surface area (Å²) in [6.07, 6.45) is 1.62. The predicted molar refractivity (Wildman–Crippen MR) is 98.9 cm³/mol. The molecule has 2 amide bonds. The van der Waals surface area contributed by atoms with E-state index in [1.165, 1.54) is 15.3 Å². The highest BCUT2D eigenvalue weighted by Crippen LogP contribution is 2.34. The van der Waals surface area contributed by atoms with Crippen molar-refractivity contribution in [3.05, 3.63) is 29.3 Å². The summed E-state index contributed by atoms with van der Waals surface area (Å²) < 4.78 is 30.1. The Labute approximate surface area is 158 Å². The lowest BCUT2D eigenvalue weighted by molar-refractivity contribution is -0.131. The fourth-order valence-electron chi connectivity index (χ4n) is 2.83. The highest BCUT2D eigenvalue weighted by molar-refractivity contribution is 7.92. The van der Waals surface area contributed by atoms with Gasteiger partial charge >= 0.3 is 5.97 Å². The second-order valence-corrected chi connectivity index (χ2v) is 8.46. The van der Waals surface area contributed by atoms with Crippen molar-refractivity contribution in [1.29, 1.82) is 0 Å². The largest absolute Gasteiger partial charge is 0.452 e. The second-order valence-electron chi connectivity index (χ2n) is 6.60. The van der Waals surface area contributed by atoms with Crippen LogP contribution in [-0.4, -0.2) is 70.6 Å². The molecule has 148 valence electrons. The summed E-state index contributed by atoms with van der Waals surface area (Å²) in [6, 6.07) is 4.37. The number of rotatable bonds is 6. The van der Waals surface area contributed by atoms with Crippen molar-refractivity contribution in [3.8, 4) is 0 Å². The van der Waals surface area contributed by atoms with Crippen LogP contribution in [-0.2, 0) is 30.8 Å². The van der Waals surface area contributed by atoms with Gasteiger partial charge in [-0.25, -0.2) is 13.2 Å². The van der Waals surface area contributed by atoms with Gasteiger partial charge in [0.2, 0.25) is 15.9 Å². The van der Waals surface area contributed by atoms with E-state index in [0.29, 0.717) is 12.1 Å². The first-order valence-corrected chi connectivity index (χ1v) is 10.1. The predicted octanol–water partition coefficient (Wildman–Crippen LogP) is -0.242. The Morgan fingerprint density at radius 3 is 2.56 bits per heavy atom. The second kappa shape index (κ2) is 7.95. The molecular formula is C17H23N3O6S. The van der Waals surface area contributed by atoms with E-state index >= 15 is 0 Å². The molecule has 0 aromatic heterocycles. The van der Waals surface area contributed by atoms with E-state index in [1.54, 1.807) is 33.2 Å². The van der Waals surface area contributed by atoms with Gasteiger partial charge in [-0.1, -0.05) is 0 Å². The number of hydrogen-bond donors (Lipinski definition) is 1. The summed E-state index contributed by atoms with van der Waals surface area (Å²) in [4.78, 5) is 36.5. The van der Waals surface area contributed by atoms with Crippen LogP contribution in [0, 0.1) is 0 Å². The smallest absolute Gasteiger partial charge is 0.338 e. The van der Waals surface area contributed by atoms with E-state index in [0.717, 1.165) is 11.8 Å². The quantitative estimate of drug-likeness (QED) is 0.663. The Balaban J connectivity index is 1.98. The van der Waals surface area contributed by atoms with Crippen molar-refractivity contribution in [2.75, 3.05) is 37.8 Å². The number of likely N-dealkylation sites (N-methyl/N-ethyl adjacent to an activating group) is 1. The minimum Gasteiger partial charge on any atom is -0.452 e. The van der Waals surface area contributed by atoms with Gasteiger partial charge in [0.25, 0.3) is 5.91 Å². The third-order valence-electron chi connectivity index (χ3n) is 4.10. The van der Waals surface area contributed by atoms with Crippen molar-refractivity contribution < 1.29 is 27.5 Å². The van der Waals surface area contributed by atoms with Gasteiger partial charge in [-0.05, 0) is 37.1 Å². The van der Waals surface area contributed by atoms with E-state index in [-0.39, 0.29) is 24.1 Å². The van der Waals surface area contributed by atoms with Crippen LogP contribution in [0.25, 0.3) is 0 Å². The van der Waals surface area contributed by atoms with Crippen LogP contribution >= 0.6 is 0 Å². The molecule has 0 saturated carbocycles. The number of amides is 2. The van der Waals surface area contributed by atoms with Crippen LogP contribution < -0.4 is 9.62 Å². The zero-order valence-electron chi connectivity index (χ0n) is 15.7. The number of carbonyl (C=O) groups is 3. The number of hydrogen-bond acceptors (Lipinski definition) is 6. The minimum absolute atomic E-state index is 0.179. The lowest BCUT2D eigenvalue weighted by Crippen LogP contribution is -2.38. The van der Waals surface area contributed by atoms with Crippen molar-refractivity contribution in [2.24, 2.45) is 0 Å². The van der Waals surface area contributed by atoms with E-state index in [9.17, 15) is 22.8 Å². The van der Waals surface area contributed by atoms with Crippen LogP contribution in [0.4, 0.5) is 5.69 Å². The Hall–Kier alpha value is -2.62. The number of ether oxygens (including phenoxy) is 1.